The third kappa shape index (κ3) is 2.78. The Labute approximate surface area is 113 Å². The van der Waals surface area contributed by atoms with Crippen LogP contribution in [0.5, 0.6) is 0 Å². The number of nitrogens with one attached hydrogen (secondary N) is 1. The molecule has 0 aliphatic carbocycles. The van der Waals surface area contributed by atoms with E-state index in [0.29, 0.717) is 13.0 Å². The normalized spacial score (nSPS) is 23.2. The van der Waals surface area contributed by atoms with Gasteiger partial charge in [-0.2, -0.15) is 10.4 Å². The van der Waals surface area contributed by atoms with Crippen LogP contribution in [0.1, 0.15) is 36.7 Å². The summed E-state index contributed by atoms with van der Waals surface area (Å²) in [7, 11) is 0. The lowest BCUT2D eigenvalue weighted by molar-refractivity contribution is -0.132. The van der Waals surface area contributed by atoms with E-state index in [2.05, 4.69) is 16.3 Å². The number of nitrogens with zero attached hydrogens (tertiary/aromatic N) is 3. The number of hydrogen-bond acceptors (Lipinski definition) is 3. The molecule has 5 heteroatoms. The number of aryl methyl sites for hydroxylation is 2. The molecule has 2 rings (SSSR count). The van der Waals surface area contributed by atoms with Gasteiger partial charge in [0.2, 0.25) is 5.91 Å². The van der Waals surface area contributed by atoms with E-state index in [0.717, 1.165) is 36.3 Å². The zero-order valence-corrected chi connectivity index (χ0v) is 11.8. The molecule has 102 valence electrons. The molecule has 1 fully saturated rings. The van der Waals surface area contributed by atoms with Crippen LogP contribution < -0.4 is 0 Å². The van der Waals surface area contributed by atoms with Gasteiger partial charge in [-0.25, -0.2) is 0 Å². The second-order valence-corrected chi connectivity index (χ2v) is 5.68. The van der Waals surface area contributed by atoms with Crippen molar-refractivity contribution in [2.75, 3.05) is 13.1 Å². The number of H-pyrrole nitrogens is 1. The number of aromatic nitrogens is 2. The predicted molar refractivity (Wildman–Crippen MR) is 71.3 cm³/mol. The van der Waals surface area contributed by atoms with Crippen molar-refractivity contribution in [1.29, 1.82) is 5.26 Å². The van der Waals surface area contributed by atoms with Crippen molar-refractivity contribution in [3.63, 3.8) is 0 Å². The SMILES string of the molecule is Cc1n[nH]c(C)c1CC(=O)N1CCCC(C)(C#N)C1. The molecule has 19 heavy (non-hydrogen) atoms. The van der Waals surface area contributed by atoms with Crippen molar-refractivity contribution in [3.8, 4) is 6.07 Å². The molecule has 1 aromatic heterocycles. The lowest BCUT2D eigenvalue weighted by Crippen LogP contribution is -2.44. The average molecular weight is 260 g/mol. The summed E-state index contributed by atoms with van der Waals surface area (Å²) in [5, 5.41) is 16.2. The van der Waals surface area contributed by atoms with Crippen molar-refractivity contribution in [3.05, 3.63) is 17.0 Å². The maximum absolute atomic E-state index is 12.3. The Bertz CT molecular complexity index is 509. The highest BCUT2D eigenvalue weighted by Gasteiger charge is 2.33. The van der Waals surface area contributed by atoms with Crippen molar-refractivity contribution in [2.45, 2.75) is 40.0 Å². The Morgan fingerprint density at radius 1 is 1.58 bits per heavy atom. The van der Waals surface area contributed by atoms with E-state index in [4.69, 9.17) is 0 Å². The predicted octanol–water partition coefficient (Wildman–Crippen LogP) is 1.72. The van der Waals surface area contributed by atoms with Crippen molar-refractivity contribution in [1.82, 2.24) is 15.1 Å². The zero-order valence-electron chi connectivity index (χ0n) is 11.8. The van der Waals surface area contributed by atoms with Gasteiger partial charge in [0.15, 0.2) is 0 Å². The Kier molecular flexibility index (Phi) is 3.61. The van der Waals surface area contributed by atoms with Crippen LogP contribution in [-0.2, 0) is 11.2 Å². The van der Waals surface area contributed by atoms with Gasteiger partial charge in [0.25, 0.3) is 0 Å². The minimum Gasteiger partial charge on any atom is -0.341 e. The van der Waals surface area contributed by atoms with Crippen molar-refractivity contribution in [2.24, 2.45) is 5.41 Å². The van der Waals surface area contributed by atoms with E-state index < -0.39 is 5.41 Å². The van der Waals surface area contributed by atoms with Crippen LogP contribution in [0.2, 0.25) is 0 Å². The number of likely N-dealkylation sites (tertiary alicyclic amines) is 1. The molecule has 1 atom stereocenters. The van der Waals surface area contributed by atoms with E-state index in [1.807, 2.05) is 25.7 Å². The Morgan fingerprint density at radius 2 is 2.32 bits per heavy atom. The molecule has 5 nitrogen and oxygen atoms in total. The molecule has 0 saturated carbocycles. The maximum Gasteiger partial charge on any atom is 0.227 e. The van der Waals surface area contributed by atoms with Crippen LogP contribution in [0.3, 0.4) is 0 Å². The topological polar surface area (TPSA) is 72.8 Å². The molecule has 0 radical (unpaired) electrons. The van der Waals surface area contributed by atoms with Crippen LogP contribution in [0.15, 0.2) is 0 Å². The Balaban J connectivity index is 2.07. The number of aromatic amines is 1. The summed E-state index contributed by atoms with van der Waals surface area (Å²) >= 11 is 0. The van der Waals surface area contributed by atoms with E-state index in [-0.39, 0.29) is 5.91 Å². The average Bonchev–Trinajstić information content (AvgIpc) is 2.70. The number of carbonyl (C=O) groups excluding carboxylic acids is 1. The monoisotopic (exact) mass is 260 g/mol. The van der Waals surface area contributed by atoms with E-state index in [1.54, 1.807) is 0 Å². The summed E-state index contributed by atoms with van der Waals surface area (Å²) < 4.78 is 0. The molecule has 1 aromatic rings. The fraction of sp³-hybridized carbons (Fsp3) is 0.643. The van der Waals surface area contributed by atoms with E-state index in [1.165, 1.54) is 0 Å². The molecule has 1 aliphatic rings. The number of nitriles is 1. The summed E-state index contributed by atoms with van der Waals surface area (Å²) in [6, 6.07) is 2.33. The van der Waals surface area contributed by atoms with Gasteiger partial charge in [-0.15, -0.1) is 0 Å². The Morgan fingerprint density at radius 3 is 2.89 bits per heavy atom. The lowest BCUT2D eigenvalue weighted by atomic mass is 9.83. The largest absolute Gasteiger partial charge is 0.341 e. The minimum absolute atomic E-state index is 0.0915. The zero-order chi connectivity index (χ0) is 14.0. The van der Waals surface area contributed by atoms with Crippen LogP contribution >= 0.6 is 0 Å². The van der Waals surface area contributed by atoms with Gasteiger partial charge in [-0.05, 0) is 33.6 Å². The van der Waals surface area contributed by atoms with Gasteiger partial charge < -0.3 is 4.90 Å². The van der Waals surface area contributed by atoms with Crippen LogP contribution in [-0.4, -0.2) is 34.1 Å². The number of rotatable bonds is 2. The van der Waals surface area contributed by atoms with Crippen molar-refractivity contribution < 1.29 is 4.79 Å². The summed E-state index contributed by atoms with van der Waals surface area (Å²) in [5.41, 5.74) is 2.42. The third-order valence-corrected chi connectivity index (χ3v) is 3.93. The first kappa shape index (κ1) is 13.6. The number of carbonyl (C=O) groups is 1. The molecule has 0 bridgehead atoms. The molecular weight excluding hydrogens is 240 g/mol. The van der Waals surface area contributed by atoms with Crippen LogP contribution in [0.4, 0.5) is 0 Å². The summed E-state index contributed by atoms with van der Waals surface area (Å²) in [6.07, 6.45) is 2.14. The smallest absolute Gasteiger partial charge is 0.227 e. The molecule has 2 heterocycles. The van der Waals surface area contributed by atoms with E-state index in [9.17, 15) is 10.1 Å². The van der Waals surface area contributed by atoms with Gasteiger partial charge in [0, 0.05) is 24.3 Å². The van der Waals surface area contributed by atoms with Gasteiger partial charge in [0.05, 0.1) is 23.6 Å². The van der Waals surface area contributed by atoms with Crippen LogP contribution in [0, 0.1) is 30.6 Å². The quantitative estimate of drug-likeness (QED) is 0.880. The highest BCUT2D eigenvalue weighted by atomic mass is 16.2. The second kappa shape index (κ2) is 5.04. The van der Waals surface area contributed by atoms with Gasteiger partial charge in [-0.1, -0.05) is 0 Å². The highest BCUT2D eigenvalue weighted by molar-refractivity contribution is 5.79. The van der Waals surface area contributed by atoms with E-state index >= 15 is 0 Å². The number of hydrogen-bond donors (Lipinski definition) is 1. The van der Waals surface area contributed by atoms with Gasteiger partial charge in [-0.3, -0.25) is 9.89 Å². The molecule has 1 N–H and O–H groups in total. The van der Waals surface area contributed by atoms with Crippen LogP contribution in [0.25, 0.3) is 0 Å². The number of amides is 1. The first-order valence-electron chi connectivity index (χ1n) is 6.65. The first-order valence-corrected chi connectivity index (χ1v) is 6.65. The molecule has 0 aromatic carbocycles. The first-order chi connectivity index (χ1) is 8.95. The third-order valence-electron chi connectivity index (χ3n) is 3.93. The van der Waals surface area contributed by atoms with Gasteiger partial charge in [0.1, 0.15) is 0 Å². The van der Waals surface area contributed by atoms with Crippen molar-refractivity contribution >= 4 is 5.91 Å². The summed E-state index contributed by atoms with van der Waals surface area (Å²) in [4.78, 5) is 14.2. The highest BCUT2D eigenvalue weighted by Crippen LogP contribution is 2.28. The standard InChI is InChI=1S/C14H20N4O/c1-10-12(11(2)17-16-10)7-13(19)18-6-4-5-14(3,8-15)9-18/h4-7,9H2,1-3H3,(H,16,17). The Hall–Kier alpha value is -1.83. The maximum atomic E-state index is 12.3. The summed E-state index contributed by atoms with van der Waals surface area (Å²) in [6.45, 7) is 7.06. The molecule has 1 amide bonds. The number of piperidine rings is 1. The van der Waals surface area contributed by atoms with Gasteiger partial charge >= 0.3 is 0 Å². The fourth-order valence-electron chi connectivity index (χ4n) is 2.64. The molecule has 1 aliphatic heterocycles. The molecule has 1 unspecified atom stereocenters. The second-order valence-electron chi connectivity index (χ2n) is 5.68. The minimum atomic E-state index is -0.394. The summed E-state index contributed by atoms with van der Waals surface area (Å²) in [5.74, 6) is 0.0915. The lowest BCUT2D eigenvalue weighted by Gasteiger charge is -2.36. The fourth-order valence-corrected chi connectivity index (χ4v) is 2.64. The molecule has 0 spiro atoms. The molecular formula is C14H20N4O. The molecule has 1 saturated heterocycles.